The maximum Gasteiger partial charge on any atom is 0.255 e. The molecular formula is C21H26N4O2. The lowest BCUT2D eigenvalue weighted by Crippen LogP contribution is -2.50. The zero-order valence-corrected chi connectivity index (χ0v) is 16.1. The molecule has 0 saturated carbocycles. The average Bonchev–Trinajstić information content (AvgIpc) is 2.68. The molecule has 1 aliphatic heterocycles. The van der Waals surface area contributed by atoms with Crippen molar-refractivity contribution in [3.8, 4) is 0 Å². The summed E-state index contributed by atoms with van der Waals surface area (Å²) < 4.78 is 0. The second-order valence-corrected chi connectivity index (χ2v) is 7.14. The first-order chi connectivity index (χ1) is 13.0. The summed E-state index contributed by atoms with van der Waals surface area (Å²) in [6.07, 6.45) is 1.68. The minimum absolute atomic E-state index is 0.0332. The van der Waals surface area contributed by atoms with Crippen molar-refractivity contribution in [2.75, 3.05) is 36.4 Å². The van der Waals surface area contributed by atoms with Gasteiger partial charge in [-0.05, 0) is 30.7 Å². The van der Waals surface area contributed by atoms with Gasteiger partial charge in [0.1, 0.15) is 5.82 Å². The number of aromatic nitrogens is 1. The summed E-state index contributed by atoms with van der Waals surface area (Å²) in [7, 11) is 0. The molecule has 1 N–H and O–H groups in total. The van der Waals surface area contributed by atoms with E-state index in [1.54, 1.807) is 6.20 Å². The Hall–Kier alpha value is -2.89. The van der Waals surface area contributed by atoms with Crippen molar-refractivity contribution in [1.82, 2.24) is 9.88 Å². The third kappa shape index (κ3) is 4.45. The van der Waals surface area contributed by atoms with E-state index in [1.165, 1.54) is 0 Å². The Labute approximate surface area is 160 Å². The van der Waals surface area contributed by atoms with Gasteiger partial charge in [-0.25, -0.2) is 4.98 Å². The zero-order chi connectivity index (χ0) is 19.4. The van der Waals surface area contributed by atoms with Gasteiger partial charge < -0.3 is 15.1 Å². The molecule has 2 heterocycles. The van der Waals surface area contributed by atoms with Crippen molar-refractivity contribution in [3.05, 3.63) is 53.7 Å². The van der Waals surface area contributed by atoms with Crippen molar-refractivity contribution >= 4 is 23.3 Å². The van der Waals surface area contributed by atoms with Crippen LogP contribution in [0.5, 0.6) is 0 Å². The van der Waals surface area contributed by atoms with E-state index < -0.39 is 0 Å². The molecule has 1 fully saturated rings. The molecule has 27 heavy (non-hydrogen) atoms. The van der Waals surface area contributed by atoms with Crippen LogP contribution in [0.15, 0.2) is 42.6 Å². The van der Waals surface area contributed by atoms with E-state index >= 15 is 0 Å². The third-order valence-corrected chi connectivity index (χ3v) is 4.80. The molecule has 1 aromatic heterocycles. The zero-order valence-electron chi connectivity index (χ0n) is 16.1. The van der Waals surface area contributed by atoms with Crippen LogP contribution in [0.3, 0.4) is 0 Å². The highest BCUT2D eigenvalue weighted by atomic mass is 16.2. The van der Waals surface area contributed by atoms with Gasteiger partial charge in [-0.1, -0.05) is 32.0 Å². The lowest BCUT2D eigenvalue weighted by molar-refractivity contribution is -0.134. The second-order valence-electron chi connectivity index (χ2n) is 7.14. The fourth-order valence-electron chi connectivity index (χ4n) is 3.19. The number of carbonyl (C=O) groups is 2. The maximum absolute atomic E-state index is 12.4. The Morgan fingerprint density at radius 2 is 1.74 bits per heavy atom. The van der Waals surface area contributed by atoms with Crippen LogP contribution in [-0.2, 0) is 4.79 Å². The topological polar surface area (TPSA) is 65.5 Å². The molecule has 142 valence electrons. The predicted molar refractivity (Wildman–Crippen MR) is 107 cm³/mol. The van der Waals surface area contributed by atoms with Crippen LogP contribution >= 0.6 is 0 Å². The Morgan fingerprint density at radius 3 is 2.33 bits per heavy atom. The van der Waals surface area contributed by atoms with E-state index in [0.29, 0.717) is 24.3 Å². The first-order valence-electron chi connectivity index (χ1n) is 9.32. The van der Waals surface area contributed by atoms with E-state index in [4.69, 9.17) is 0 Å². The van der Waals surface area contributed by atoms with Crippen molar-refractivity contribution in [2.45, 2.75) is 20.8 Å². The van der Waals surface area contributed by atoms with E-state index in [9.17, 15) is 9.59 Å². The highest BCUT2D eigenvalue weighted by Gasteiger charge is 2.23. The molecule has 2 aromatic rings. The molecule has 6 heteroatoms. The van der Waals surface area contributed by atoms with Gasteiger partial charge in [0.05, 0.1) is 11.9 Å². The quantitative estimate of drug-likeness (QED) is 0.904. The number of nitrogens with one attached hydrogen (secondary N) is 1. The number of aryl methyl sites for hydroxylation is 1. The van der Waals surface area contributed by atoms with Gasteiger partial charge >= 0.3 is 0 Å². The number of pyridine rings is 1. The molecule has 0 atom stereocenters. The molecule has 2 amide bonds. The molecule has 0 radical (unpaired) electrons. The van der Waals surface area contributed by atoms with Crippen LogP contribution in [0.1, 0.15) is 29.8 Å². The molecule has 0 aliphatic carbocycles. The van der Waals surface area contributed by atoms with Crippen LogP contribution in [0, 0.1) is 12.8 Å². The first kappa shape index (κ1) is 18.9. The molecule has 3 rings (SSSR count). The summed E-state index contributed by atoms with van der Waals surface area (Å²) in [4.78, 5) is 33.0. The Bertz CT molecular complexity index is 809. The lowest BCUT2D eigenvalue weighted by atomic mass is 10.1. The molecule has 6 nitrogen and oxygen atoms in total. The minimum atomic E-state index is -0.136. The molecule has 0 unspecified atom stereocenters. The highest BCUT2D eigenvalue weighted by molar-refractivity contribution is 6.05. The minimum Gasteiger partial charge on any atom is -0.353 e. The average molecular weight is 366 g/mol. The number of nitrogens with zero attached hydrogens (tertiary/aromatic N) is 3. The van der Waals surface area contributed by atoms with E-state index in [0.717, 1.165) is 24.5 Å². The predicted octanol–water partition coefficient (Wildman–Crippen LogP) is 2.95. The normalized spacial score (nSPS) is 14.4. The fraction of sp³-hybridized carbons (Fsp3) is 0.381. The molecular weight excluding hydrogens is 340 g/mol. The van der Waals surface area contributed by atoms with Gasteiger partial charge in [0.15, 0.2) is 0 Å². The summed E-state index contributed by atoms with van der Waals surface area (Å²) in [5.74, 6) is 0.965. The standard InChI is InChI=1S/C21H26N4O2/c1-15(2)21(27)25-12-10-24(11-13-25)19-9-8-17(14-22-19)23-20(26)18-7-5-4-6-16(18)3/h4-9,14-15H,10-13H2,1-3H3,(H,23,26). The Balaban J connectivity index is 1.59. The van der Waals surface area contributed by atoms with Crippen molar-refractivity contribution < 1.29 is 9.59 Å². The summed E-state index contributed by atoms with van der Waals surface area (Å²) in [6.45, 7) is 8.73. The number of amides is 2. The van der Waals surface area contributed by atoms with Crippen LogP contribution in [-0.4, -0.2) is 47.9 Å². The van der Waals surface area contributed by atoms with Gasteiger partial charge in [0.2, 0.25) is 5.91 Å². The van der Waals surface area contributed by atoms with E-state index in [-0.39, 0.29) is 17.7 Å². The highest BCUT2D eigenvalue weighted by Crippen LogP contribution is 2.18. The van der Waals surface area contributed by atoms with E-state index in [2.05, 4.69) is 15.2 Å². The lowest BCUT2D eigenvalue weighted by Gasteiger charge is -2.36. The number of piperazine rings is 1. The summed E-state index contributed by atoms with van der Waals surface area (Å²) in [6, 6.07) is 11.3. The van der Waals surface area contributed by atoms with Crippen molar-refractivity contribution in [3.63, 3.8) is 0 Å². The van der Waals surface area contributed by atoms with Gasteiger partial charge in [-0.2, -0.15) is 0 Å². The molecule has 1 aliphatic rings. The van der Waals surface area contributed by atoms with Crippen LogP contribution in [0.2, 0.25) is 0 Å². The Kier molecular flexibility index (Phi) is 5.74. The molecule has 1 aromatic carbocycles. The summed E-state index contributed by atoms with van der Waals surface area (Å²) >= 11 is 0. The van der Waals surface area contributed by atoms with Crippen molar-refractivity contribution in [2.24, 2.45) is 5.92 Å². The Morgan fingerprint density at radius 1 is 1.04 bits per heavy atom. The van der Waals surface area contributed by atoms with Crippen LogP contribution in [0.4, 0.5) is 11.5 Å². The van der Waals surface area contributed by atoms with E-state index in [1.807, 2.05) is 62.1 Å². The third-order valence-electron chi connectivity index (χ3n) is 4.80. The van der Waals surface area contributed by atoms with Crippen molar-refractivity contribution in [1.29, 1.82) is 0 Å². The molecule has 0 spiro atoms. The smallest absolute Gasteiger partial charge is 0.255 e. The number of benzene rings is 1. The van der Waals surface area contributed by atoms with Gasteiger partial charge in [-0.3, -0.25) is 9.59 Å². The van der Waals surface area contributed by atoms with Gasteiger partial charge in [0.25, 0.3) is 5.91 Å². The monoisotopic (exact) mass is 366 g/mol. The number of carbonyl (C=O) groups excluding carboxylic acids is 2. The SMILES string of the molecule is Cc1ccccc1C(=O)Nc1ccc(N2CCN(C(=O)C(C)C)CC2)nc1. The first-order valence-corrected chi connectivity index (χ1v) is 9.32. The maximum atomic E-state index is 12.4. The molecule has 0 bridgehead atoms. The van der Waals surface area contributed by atoms with Crippen LogP contribution < -0.4 is 10.2 Å². The number of anilines is 2. The van der Waals surface area contributed by atoms with Gasteiger partial charge in [-0.15, -0.1) is 0 Å². The largest absolute Gasteiger partial charge is 0.353 e. The molecule has 1 saturated heterocycles. The van der Waals surface area contributed by atoms with Gasteiger partial charge in [0, 0.05) is 37.7 Å². The second kappa shape index (κ2) is 8.20. The number of rotatable bonds is 4. The summed E-state index contributed by atoms with van der Waals surface area (Å²) in [5.41, 5.74) is 2.27. The fourth-order valence-corrected chi connectivity index (χ4v) is 3.19. The number of hydrogen-bond acceptors (Lipinski definition) is 4. The summed E-state index contributed by atoms with van der Waals surface area (Å²) in [5, 5.41) is 2.89. The van der Waals surface area contributed by atoms with Crippen LogP contribution in [0.25, 0.3) is 0 Å². The number of hydrogen-bond donors (Lipinski definition) is 1.